The second-order valence-electron chi connectivity index (χ2n) is 3.36. The van der Waals surface area contributed by atoms with Crippen molar-refractivity contribution in [3.05, 3.63) is 34.2 Å². The molecule has 1 amide bonds. The smallest absolute Gasteiger partial charge is 0.344 e. The first-order valence-electron chi connectivity index (χ1n) is 4.82. The zero-order chi connectivity index (χ0) is 13.8. The Morgan fingerprint density at radius 1 is 1.44 bits per heavy atom. The molecule has 0 fully saturated rings. The van der Waals surface area contributed by atoms with Crippen LogP contribution in [0.4, 0.5) is 13.2 Å². The van der Waals surface area contributed by atoms with Gasteiger partial charge in [0.1, 0.15) is 6.54 Å². The summed E-state index contributed by atoms with van der Waals surface area (Å²) in [5.74, 6) is 1.51. The summed E-state index contributed by atoms with van der Waals surface area (Å²) in [5, 5.41) is 2.25. The second-order valence-corrected chi connectivity index (χ2v) is 3.36. The number of aromatic nitrogens is 1. The van der Waals surface area contributed by atoms with Crippen LogP contribution in [0.1, 0.15) is 5.56 Å². The van der Waals surface area contributed by atoms with Gasteiger partial charge in [0.25, 0.3) is 5.56 Å². The molecular weight excluding hydrogens is 249 g/mol. The summed E-state index contributed by atoms with van der Waals surface area (Å²) in [4.78, 5) is 22.5. The first-order chi connectivity index (χ1) is 8.34. The first kappa shape index (κ1) is 13.8. The first-order valence-corrected chi connectivity index (χ1v) is 4.82. The van der Waals surface area contributed by atoms with Gasteiger partial charge >= 0.3 is 6.18 Å². The van der Waals surface area contributed by atoms with Gasteiger partial charge in [-0.15, -0.1) is 6.42 Å². The molecule has 0 bridgehead atoms. The van der Waals surface area contributed by atoms with E-state index < -0.39 is 29.8 Å². The van der Waals surface area contributed by atoms with Crippen molar-refractivity contribution < 1.29 is 18.0 Å². The number of halogens is 3. The van der Waals surface area contributed by atoms with Gasteiger partial charge in [0.2, 0.25) is 5.91 Å². The van der Waals surface area contributed by atoms with Crippen molar-refractivity contribution in [2.45, 2.75) is 12.7 Å². The zero-order valence-corrected chi connectivity index (χ0v) is 9.12. The van der Waals surface area contributed by atoms with E-state index in [9.17, 15) is 22.8 Å². The molecular formula is C11H9F3N2O2. The van der Waals surface area contributed by atoms with Crippen LogP contribution in [0.2, 0.25) is 0 Å². The predicted octanol–water partition coefficient (Wildman–Crippen LogP) is 0.617. The lowest BCUT2D eigenvalue weighted by Gasteiger charge is -2.10. The Hall–Kier alpha value is -2.23. The van der Waals surface area contributed by atoms with Crippen LogP contribution in [-0.2, 0) is 17.5 Å². The fourth-order valence-electron chi connectivity index (χ4n) is 1.18. The van der Waals surface area contributed by atoms with Gasteiger partial charge in [0.15, 0.2) is 0 Å². The number of alkyl halides is 3. The summed E-state index contributed by atoms with van der Waals surface area (Å²) >= 11 is 0. The number of hydrogen-bond donors (Lipinski definition) is 1. The van der Waals surface area contributed by atoms with E-state index in [-0.39, 0.29) is 6.54 Å². The molecule has 1 N–H and O–H groups in total. The molecule has 1 heterocycles. The molecule has 0 radical (unpaired) electrons. The van der Waals surface area contributed by atoms with E-state index in [0.717, 1.165) is 6.07 Å². The van der Waals surface area contributed by atoms with E-state index in [0.29, 0.717) is 16.8 Å². The van der Waals surface area contributed by atoms with E-state index in [1.807, 2.05) is 0 Å². The van der Waals surface area contributed by atoms with E-state index >= 15 is 0 Å². The van der Waals surface area contributed by atoms with Crippen LogP contribution in [0.25, 0.3) is 0 Å². The second kappa shape index (κ2) is 5.40. The number of nitrogens with zero attached hydrogens (tertiary/aromatic N) is 1. The van der Waals surface area contributed by atoms with Gasteiger partial charge in [-0.2, -0.15) is 13.2 Å². The average Bonchev–Trinajstić information content (AvgIpc) is 2.28. The Morgan fingerprint density at radius 3 is 2.67 bits per heavy atom. The summed E-state index contributed by atoms with van der Waals surface area (Å²) in [6, 6.07) is 1.43. The number of terminal acetylenes is 1. The van der Waals surface area contributed by atoms with Gasteiger partial charge in [0, 0.05) is 12.3 Å². The lowest BCUT2D eigenvalue weighted by atomic mass is 10.3. The number of amides is 1. The summed E-state index contributed by atoms with van der Waals surface area (Å²) < 4.78 is 37.9. The van der Waals surface area contributed by atoms with E-state index in [1.54, 1.807) is 0 Å². The SMILES string of the molecule is C#CCNC(=O)Cn1cc(C(F)(F)F)ccc1=O. The summed E-state index contributed by atoms with van der Waals surface area (Å²) in [7, 11) is 0. The molecule has 0 spiro atoms. The Morgan fingerprint density at radius 2 is 2.11 bits per heavy atom. The maximum Gasteiger partial charge on any atom is 0.417 e. The van der Waals surface area contributed by atoms with Crippen LogP contribution < -0.4 is 10.9 Å². The standard InChI is InChI=1S/C11H9F3N2O2/c1-2-5-15-9(17)7-16-6-8(11(12,13)14)3-4-10(16)18/h1,3-4,6H,5,7H2,(H,15,17). The van der Waals surface area contributed by atoms with Crippen LogP contribution >= 0.6 is 0 Å². The third-order valence-corrected chi connectivity index (χ3v) is 2.01. The van der Waals surface area contributed by atoms with Gasteiger partial charge < -0.3 is 9.88 Å². The molecule has 0 aliphatic rings. The highest BCUT2D eigenvalue weighted by molar-refractivity contribution is 5.75. The molecule has 1 aromatic rings. The Bertz CT molecular complexity index is 540. The molecule has 0 aliphatic carbocycles. The van der Waals surface area contributed by atoms with Gasteiger partial charge in [-0.05, 0) is 6.07 Å². The van der Waals surface area contributed by atoms with Crippen molar-refractivity contribution >= 4 is 5.91 Å². The minimum Gasteiger partial charge on any atom is -0.344 e. The number of carbonyl (C=O) groups excluding carboxylic acids is 1. The quantitative estimate of drug-likeness (QED) is 0.808. The molecule has 0 atom stereocenters. The van der Waals surface area contributed by atoms with Crippen LogP contribution in [0, 0.1) is 12.3 Å². The highest BCUT2D eigenvalue weighted by Gasteiger charge is 2.31. The van der Waals surface area contributed by atoms with Crippen LogP contribution in [0.5, 0.6) is 0 Å². The molecule has 0 unspecified atom stereocenters. The summed E-state index contributed by atoms with van der Waals surface area (Å²) in [6.07, 6.45) is 0.930. The van der Waals surface area contributed by atoms with Crippen LogP contribution in [-0.4, -0.2) is 17.0 Å². The zero-order valence-electron chi connectivity index (χ0n) is 9.12. The minimum absolute atomic E-state index is 0.0491. The van der Waals surface area contributed by atoms with Crippen LogP contribution in [0.3, 0.4) is 0 Å². The topological polar surface area (TPSA) is 51.1 Å². The number of nitrogens with one attached hydrogen (secondary N) is 1. The fourth-order valence-corrected chi connectivity index (χ4v) is 1.18. The van der Waals surface area contributed by atoms with Crippen molar-refractivity contribution in [3.63, 3.8) is 0 Å². The molecule has 4 nitrogen and oxygen atoms in total. The number of carbonyl (C=O) groups is 1. The summed E-state index contributed by atoms with van der Waals surface area (Å²) in [5.41, 5.74) is -1.69. The van der Waals surface area contributed by atoms with Crippen molar-refractivity contribution in [2.75, 3.05) is 6.54 Å². The van der Waals surface area contributed by atoms with Gasteiger partial charge in [-0.25, -0.2) is 0 Å². The Labute approximate surface area is 100 Å². The Kier molecular flexibility index (Phi) is 4.15. The van der Waals surface area contributed by atoms with Crippen molar-refractivity contribution in [2.24, 2.45) is 0 Å². The largest absolute Gasteiger partial charge is 0.417 e. The minimum atomic E-state index is -4.56. The highest BCUT2D eigenvalue weighted by Crippen LogP contribution is 2.27. The monoisotopic (exact) mass is 258 g/mol. The average molecular weight is 258 g/mol. The molecule has 1 aromatic heterocycles. The van der Waals surface area contributed by atoms with Crippen molar-refractivity contribution in [3.8, 4) is 12.3 Å². The maximum atomic E-state index is 12.4. The van der Waals surface area contributed by atoms with E-state index in [2.05, 4.69) is 11.2 Å². The molecule has 0 aliphatic heterocycles. The Balaban J connectivity index is 2.93. The number of pyridine rings is 1. The van der Waals surface area contributed by atoms with Crippen molar-refractivity contribution in [1.82, 2.24) is 9.88 Å². The van der Waals surface area contributed by atoms with E-state index in [1.165, 1.54) is 0 Å². The highest BCUT2D eigenvalue weighted by atomic mass is 19.4. The number of rotatable bonds is 3. The predicted molar refractivity (Wildman–Crippen MR) is 57.5 cm³/mol. The summed E-state index contributed by atoms with van der Waals surface area (Å²) in [6.45, 7) is -0.559. The number of hydrogen-bond acceptors (Lipinski definition) is 2. The molecule has 0 aromatic carbocycles. The van der Waals surface area contributed by atoms with Crippen molar-refractivity contribution in [1.29, 1.82) is 0 Å². The normalized spacial score (nSPS) is 10.8. The van der Waals surface area contributed by atoms with Gasteiger partial charge in [-0.3, -0.25) is 9.59 Å². The van der Waals surface area contributed by atoms with E-state index in [4.69, 9.17) is 6.42 Å². The molecule has 0 saturated carbocycles. The maximum absolute atomic E-state index is 12.4. The lowest BCUT2D eigenvalue weighted by Crippen LogP contribution is -2.32. The third-order valence-electron chi connectivity index (χ3n) is 2.01. The molecule has 0 saturated heterocycles. The third kappa shape index (κ3) is 3.66. The lowest BCUT2D eigenvalue weighted by molar-refractivity contribution is -0.138. The fraction of sp³-hybridized carbons (Fsp3) is 0.273. The van der Waals surface area contributed by atoms with Crippen LogP contribution in [0.15, 0.2) is 23.1 Å². The molecule has 96 valence electrons. The molecule has 7 heteroatoms. The molecule has 18 heavy (non-hydrogen) atoms. The molecule has 1 rings (SSSR count). The van der Waals surface area contributed by atoms with Gasteiger partial charge in [-0.1, -0.05) is 5.92 Å². The van der Waals surface area contributed by atoms with Gasteiger partial charge in [0.05, 0.1) is 12.1 Å².